The van der Waals surface area contributed by atoms with E-state index < -0.39 is 0 Å². The smallest absolute Gasteiger partial charge is 0.272 e. The minimum absolute atomic E-state index is 0.0261. The summed E-state index contributed by atoms with van der Waals surface area (Å²) in [7, 11) is 0. The number of carbonyl (C=O) groups is 1. The van der Waals surface area contributed by atoms with Crippen molar-refractivity contribution >= 4 is 17.5 Å². The number of rotatable bonds is 1. The Kier molecular flexibility index (Phi) is 3.97. The maximum absolute atomic E-state index is 12.4. The van der Waals surface area contributed by atoms with Gasteiger partial charge in [-0.1, -0.05) is 36.9 Å². The zero-order valence-corrected chi connectivity index (χ0v) is 12.5. The first kappa shape index (κ1) is 13.9. The first-order valence-electron chi connectivity index (χ1n) is 7.60. The van der Waals surface area contributed by atoms with Crippen LogP contribution >= 0.6 is 11.6 Å². The fraction of sp³-hybridized carbons (Fsp3) is 0.625. The SMILES string of the molecule is O=C(c1cccc(Cl)n1)N1CCC2(CCCCC2)CC1. The minimum Gasteiger partial charge on any atom is -0.337 e. The van der Waals surface area contributed by atoms with Crippen molar-refractivity contribution in [3.8, 4) is 0 Å². The zero-order valence-electron chi connectivity index (χ0n) is 11.8. The third kappa shape index (κ3) is 2.83. The lowest BCUT2D eigenvalue weighted by Crippen LogP contribution is -2.44. The summed E-state index contributed by atoms with van der Waals surface area (Å²) in [6, 6.07) is 5.24. The first-order valence-corrected chi connectivity index (χ1v) is 7.98. The molecule has 3 nitrogen and oxygen atoms in total. The third-order valence-corrected chi connectivity index (χ3v) is 5.17. The largest absolute Gasteiger partial charge is 0.337 e. The molecule has 2 fully saturated rings. The Morgan fingerprint density at radius 3 is 2.45 bits per heavy atom. The second kappa shape index (κ2) is 5.72. The van der Waals surface area contributed by atoms with E-state index in [0.717, 1.165) is 25.9 Å². The summed E-state index contributed by atoms with van der Waals surface area (Å²) in [4.78, 5) is 18.5. The molecule has 0 bridgehead atoms. The van der Waals surface area contributed by atoms with Crippen LogP contribution < -0.4 is 0 Å². The molecule has 1 aromatic rings. The maximum Gasteiger partial charge on any atom is 0.272 e. The number of carbonyl (C=O) groups excluding carboxylic acids is 1. The van der Waals surface area contributed by atoms with Gasteiger partial charge in [0.1, 0.15) is 10.8 Å². The summed E-state index contributed by atoms with van der Waals surface area (Å²) in [5.74, 6) is 0.0261. The number of aromatic nitrogens is 1. The number of amides is 1. The van der Waals surface area contributed by atoms with Gasteiger partial charge in [-0.2, -0.15) is 0 Å². The molecule has 108 valence electrons. The van der Waals surface area contributed by atoms with Crippen LogP contribution in [0.4, 0.5) is 0 Å². The van der Waals surface area contributed by atoms with Gasteiger partial charge in [0, 0.05) is 13.1 Å². The van der Waals surface area contributed by atoms with E-state index in [4.69, 9.17) is 11.6 Å². The molecule has 20 heavy (non-hydrogen) atoms. The van der Waals surface area contributed by atoms with Gasteiger partial charge < -0.3 is 4.90 Å². The predicted molar refractivity (Wildman–Crippen MR) is 79.9 cm³/mol. The van der Waals surface area contributed by atoms with Crippen molar-refractivity contribution in [1.29, 1.82) is 0 Å². The Labute approximate surface area is 125 Å². The van der Waals surface area contributed by atoms with E-state index in [1.165, 1.54) is 32.1 Å². The van der Waals surface area contributed by atoms with Crippen molar-refractivity contribution in [2.24, 2.45) is 5.41 Å². The lowest BCUT2D eigenvalue weighted by molar-refractivity contribution is 0.0467. The molecule has 2 heterocycles. The monoisotopic (exact) mass is 292 g/mol. The number of pyridine rings is 1. The van der Waals surface area contributed by atoms with E-state index >= 15 is 0 Å². The Morgan fingerprint density at radius 2 is 1.80 bits per heavy atom. The van der Waals surface area contributed by atoms with Crippen LogP contribution in [0.2, 0.25) is 5.15 Å². The summed E-state index contributed by atoms with van der Waals surface area (Å²) in [6.45, 7) is 1.74. The van der Waals surface area contributed by atoms with Crippen LogP contribution in [-0.2, 0) is 0 Å². The Balaban J connectivity index is 1.64. The molecule has 1 aromatic heterocycles. The van der Waals surface area contributed by atoms with E-state index in [9.17, 15) is 4.79 Å². The first-order chi connectivity index (χ1) is 9.69. The number of likely N-dealkylation sites (tertiary alicyclic amines) is 1. The lowest BCUT2D eigenvalue weighted by atomic mass is 9.68. The molecule has 1 aliphatic carbocycles. The molecule has 0 aromatic carbocycles. The van der Waals surface area contributed by atoms with Gasteiger partial charge in [0.25, 0.3) is 5.91 Å². The molecule has 1 aliphatic heterocycles. The number of hydrogen-bond donors (Lipinski definition) is 0. The van der Waals surface area contributed by atoms with Crippen LogP contribution in [-0.4, -0.2) is 28.9 Å². The quantitative estimate of drug-likeness (QED) is 0.735. The number of hydrogen-bond acceptors (Lipinski definition) is 2. The van der Waals surface area contributed by atoms with Gasteiger partial charge in [0.2, 0.25) is 0 Å². The molecule has 4 heteroatoms. The zero-order chi connectivity index (χ0) is 14.0. The van der Waals surface area contributed by atoms with Crippen LogP contribution in [0.3, 0.4) is 0 Å². The number of halogens is 1. The molecular weight excluding hydrogens is 272 g/mol. The Morgan fingerprint density at radius 1 is 1.10 bits per heavy atom. The highest BCUT2D eigenvalue weighted by molar-refractivity contribution is 6.29. The molecule has 0 radical (unpaired) electrons. The standard InChI is InChI=1S/C16H21ClN2O/c17-14-6-4-5-13(18-14)15(20)19-11-9-16(10-12-19)7-2-1-3-8-16/h4-6H,1-3,7-12H2. The minimum atomic E-state index is 0.0261. The summed E-state index contributed by atoms with van der Waals surface area (Å²) < 4.78 is 0. The van der Waals surface area contributed by atoms with Crippen molar-refractivity contribution in [2.45, 2.75) is 44.9 Å². The molecule has 3 rings (SSSR count). The van der Waals surface area contributed by atoms with E-state index in [0.29, 0.717) is 16.3 Å². The van der Waals surface area contributed by atoms with E-state index in [-0.39, 0.29) is 5.91 Å². The predicted octanol–water partition coefficient (Wildman–Crippen LogP) is 3.92. The second-order valence-electron chi connectivity index (χ2n) is 6.20. The van der Waals surface area contributed by atoms with Crippen LogP contribution in [0.5, 0.6) is 0 Å². The average molecular weight is 293 g/mol. The summed E-state index contributed by atoms with van der Waals surface area (Å²) in [5, 5.41) is 0.386. The van der Waals surface area contributed by atoms with Crippen molar-refractivity contribution in [2.75, 3.05) is 13.1 Å². The number of nitrogens with zero attached hydrogens (tertiary/aromatic N) is 2. The van der Waals surface area contributed by atoms with Gasteiger partial charge in [0.15, 0.2) is 0 Å². The Hall–Kier alpha value is -1.09. The highest BCUT2D eigenvalue weighted by Crippen LogP contribution is 2.44. The molecule has 1 saturated heterocycles. The number of piperidine rings is 1. The molecule has 1 spiro atoms. The maximum atomic E-state index is 12.4. The topological polar surface area (TPSA) is 33.2 Å². The molecule has 0 atom stereocenters. The summed E-state index contributed by atoms with van der Waals surface area (Å²) in [6.07, 6.45) is 9.12. The van der Waals surface area contributed by atoms with E-state index in [1.54, 1.807) is 18.2 Å². The van der Waals surface area contributed by atoms with Crippen molar-refractivity contribution < 1.29 is 4.79 Å². The van der Waals surface area contributed by atoms with Crippen molar-refractivity contribution in [3.05, 3.63) is 29.0 Å². The molecule has 2 aliphatic rings. The molecule has 1 amide bonds. The van der Waals surface area contributed by atoms with Gasteiger partial charge in [-0.05, 0) is 43.2 Å². The highest BCUT2D eigenvalue weighted by Gasteiger charge is 2.36. The van der Waals surface area contributed by atoms with Crippen LogP contribution in [0, 0.1) is 5.41 Å². The van der Waals surface area contributed by atoms with Crippen LogP contribution in [0.15, 0.2) is 18.2 Å². The van der Waals surface area contributed by atoms with Gasteiger partial charge in [-0.25, -0.2) is 4.98 Å². The highest BCUT2D eigenvalue weighted by atomic mass is 35.5. The second-order valence-corrected chi connectivity index (χ2v) is 6.59. The van der Waals surface area contributed by atoms with Crippen molar-refractivity contribution in [1.82, 2.24) is 9.88 Å². The van der Waals surface area contributed by atoms with Crippen LogP contribution in [0.1, 0.15) is 55.4 Å². The van der Waals surface area contributed by atoms with E-state index in [1.807, 2.05) is 4.90 Å². The molecule has 0 N–H and O–H groups in total. The molecule has 1 saturated carbocycles. The third-order valence-electron chi connectivity index (χ3n) is 4.96. The van der Waals surface area contributed by atoms with Crippen LogP contribution in [0.25, 0.3) is 0 Å². The fourth-order valence-electron chi connectivity index (χ4n) is 3.68. The van der Waals surface area contributed by atoms with Gasteiger partial charge >= 0.3 is 0 Å². The average Bonchev–Trinajstić information content (AvgIpc) is 2.48. The van der Waals surface area contributed by atoms with E-state index in [2.05, 4.69) is 4.98 Å². The van der Waals surface area contributed by atoms with Gasteiger partial charge in [0.05, 0.1) is 0 Å². The lowest BCUT2D eigenvalue weighted by Gasteiger charge is -2.44. The van der Waals surface area contributed by atoms with Crippen molar-refractivity contribution in [3.63, 3.8) is 0 Å². The van der Waals surface area contributed by atoms with Gasteiger partial charge in [-0.3, -0.25) is 4.79 Å². The fourth-order valence-corrected chi connectivity index (χ4v) is 3.84. The van der Waals surface area contributed by atoms with Gasteiger partial charge in [-0.15, -0.1) is 0 Å². The molecule has 0 unspecified atom stereocenters. The Bertz CT molecular complexity index is 487. The normalized spacial score (nSPS) is 21.9. The summed E-state index contributed by atoms with van der Waals surface area (Å²) in [5.41, 5.74) is 0.994. The summed E-state index contributed by atoms with van der Waals surface area (Å²) >= 11 is 5.86. The molecular formula is C16H21ClN2O.